The van der Waals surface area contributed by atoms with Gasteiger partial charge in [-0.15, -0.1) is 0 Å². The first kappa shape index (κ1) is 10.5. The smallest absolute Gasteiger partial charge is 0.0698 e. The van der Waals surface area contributed by atoms with Gasteiger partial charge in [0, 0.05) is 18.8 Å². The van der Waals surface area contributed by atoms with Crippen LogP contribution < -0.4 is 4.90 Å². The van der Waals surface area contributed by atoms with Crippen LogP contribution in [0.3, 0.4) is 0 Å². The van der Waals surface area contributed by atoms with Crippen molar-refractivity contribution in [2.24, 2.45) is 0 Å². The molecule has 0 aromatic heterocycles. The van der Waals surface area contributed by atoms with Gasteiger partial charge in [-0.25, -0.2) is 0 Å². The monoisotopic (exact) mass is 207 g/mol. The fourth-order valence-corrected chi connectivity index (χ4v) is 1.98. The van der Waals surface area contributed by atoms with Gasteiger partial charge >= 0.3 is 0 Å². The minimum Gasteiger partial charge on any atom is -0.394 e. The maximum atomic E-state index is 8.58. The second-order valence-corrected chi connectivity index (χ2v) is 3.70. The van der Waals surface area contributed by atoms with Gasteiger partial charge in [0.05, 0.1) is 19.8 Å². The van der Waals surface area contributed by atoms with Gasteiger partial charge in [0.1, 0.15) is 0 Å². The van der Waals surface area contributed by atoms with E-state index in [2.05, 4.69) is 29.2 Å². The van der Waals surface area contributed by atoms with Crippen LogP contribution in [-0.2, 0) is 11.2 Å². The molecule has 0 unspecified atom stereocenters. The van der Waals surface area contributed by atoms with Crippen molar-refractivity contribution >= 4 is 5.69 Å². The molecule has 82 valence electrons. The second kappa shape index (κ2) is 5.14. The second-order valence-electron chi connectivity index (χ2n) is 3.70. The van der Waals surface area contributed by atoms with Crippen molar-refractivity contribution in [3.63, 3.8) is 0 Å². The van der Waals surface area contributed by atoms with Gasteiger partial charge in [0.2, 0.25) is 0 Å². The largest absolute Gasteiger partial charge is 0.394 e. The van der Waals surface area contributed by atoms with E-state index in [1.54, 1.807) is 0 Å². The van der Waals surface area contributed by atoms with Crippen LogP contribution in [0.2, 0.25) is 0 Å². The maximum absolute atomic E-state index is 8.58. The molecule has 1 aliphatic heterocycles. The molecule has 3 heteroatoms. The number of aliphatic hydroxyl groups excluding tert-OH is 1. The normalized spacial score (nSPS) is 14.3. The van der Waals surface area contributed by atoms with Crippen molar-refractivity contribution in [3.8, 4) is 0 Å². The zero-order valence-electron chi connectivity index (χ0n) is 8.85. The summed E-state index contributed by atoms with van der Waals surface area (Å²) in [6.07, 6.45) is 1.14. The van der Waals surface area contributed by atoms with Crippen LogP contribution in [0.15, 0.2) is 24.3 Å². The number of para-hydroxylation sites is 1. The molecular weight excluding hydrogens is 190 g/mol. The molecule has 0 amide bonds. The lowest BCUT2D eigenvalue weighted by molar-refractivity contribution is 0.0968. The van der Waals surface area contributed by atoms with Gasteiger partial charge in [-0.3, -0.25) is 0 Å². The van der Waals surface area contributed by atoms with Crippen LogP contribution in [-0.4, -0.2) is 38.0 Å². The molecule has 0 atom stereocenters. The summed E-state index contributed by atoms with van der Waals surface area (Å²) in [6, 6.07) is 8.51. The molecule has 2 rings (SSSR count). The molecule has 0 fully saturated rings. The SMILES string of the molecule is OCCOCCN1CCc2ccccc21. The fourth-order valence-electron chi connectivity index (χ4n) is 1.98. The maximum Gasteiger partial charge on any atom is 0.0698 e. The number of hydrogen-bond acceptors (Lipinski definition) is 3. The Morgan fingerprint density at radius 1 is 1.27 bits per heavy atom. The number of anilines is 1. The highest BCUT2D eigenvalue weighted by Gasteiger charge is 2.17. The minimum atomic E-state index is 0.108. The quantitative estimate of drug-likeness (QED) is 0.733. The molecule has 1 aromatic carbocycles. The number of nitrogens with zero attached hydrogens (tertiary/aromatic N) is 1. The Kier molecular flexibility index (Phi) is 3.59. The van der Waals surface area contributed by atoms with Crippen LogP contribution >= 0.6 is 0 Å². The van der Waals surface area contributed by atoms with Gasteiger partial charge in [-0.1, -0.05) is 18.2 Å². The predicted octanol–water partition coefficient (Wildman–Crippen LogP) is 1.06. The molecule has 0 saturated heterocycles. The standard InChI is InChI=1S/C12H17NO2/c14-8-10-15-9-7-13-6-5-11-3-1-2-4-12(11)13/h1-4,14H,5-10H2. The van der Waals surface area contributed by atoms with Crippen LogP contribution in [0.1, 0.15) is 5.56 Å². The fraction of sp³-hybridized carbons (Fsp3) is 0.500. The lowest BCUT2D eigenvalue weighted by atomic mass is 10.2. The van der Waals surface area contributed by atoms with E-state index in [4.69, 9.17) is 9.84 Å². The van der Waals surface area contributed by atoms with Crippen molar-refractivity contribution in [2.45, 2.75) is 6.42 Å². The first-order valence-corrected chi connectivity index (χ1v) is 5.43. The Balaban J connectivity index is 1.85. The molecule has 0 spiro atoms. The molecule has 1 heterocycles. The molecule has 1 aromatic rings. The third-order valence-corrected chi connectivity index (χ3v) is 2.72. The summed E-state index contributed by atoms with van der Waals surface area (Å²) in [7, 11) is 0. The van der Waals surface area contributed by atoms with Crippen LogP contribution in [0.5, 0.6) is 0 Å². The highest BCUT2D eigenvalue weighted by Crippen LogP contribution is 2.26. The zero-order chi connectivity index (χ0) is 10.5. The number of aliphatic hydroxyl groups is 1. The van der Waals surface area contributed by atoms with E-state index in [1.807, 2.05) is 0 Å². The van der Waals surface area contributed by atoms with Crippen molar-refractivity contribution < 1.29 is 9.84 Å². The average Bonchev–Trinajstić information content (AvgIpc) is 2.68. The molecule has 15 heavy (non-hydrogen) atoms. The number of fused-ring (bicyclic) bond motifs is 1. The number of hydrogen-bond donors (Lipinski definition) is 1. The Morgan fingerprint density at radius 3 is 3.00 bits per heavy atom. The summed E-state index contributed by atoms with van der Waals surface area (Å²) in [5.74, 6) is 0. The Bertz CT molecular complexity index is 314. The van der Waals surface area contributed by atoms with Crippen molar-refractivity contribution in [1.82, 2.24) is 0 Å². The first-order chi connectivity index (χ1) is 7.42. The van der Waals surface area contributed by atoms with E-state index in [9.17, 15) is 0 Å². The van der Waals surface area contributed by atoms with E-state index in [0.717, 1.165) is 19.5 Å². The Hall–Kier alpha value is -1.06. The summed E-state index contributed by atoms with van der Waals surface area (Å²) in [5.41, 5.74) is 2.77. The van der Waals surface area contributed by atoms with E-state index in [0.29, 0.717) is 13.2 Å². The molecule has 1 aliphatic rings. The topological polar surface area (TPSA) is 32.7 Å². The number of ether oxygens (including phenoxy) is 1. The summed E-state index contributed by atoms with van der Waals surface area (Å²) in [6.45, 7) is 3.24. The summed E-state index contributed by atoms with van der Waals surface area (Å²) in [4.78, 5) is 2.34. The van der Waals surface area contributed by atoms with Crippen molar-refractivity contribution in [3.05, 3.63) is 29.8 Å². The molecule has 0 bridgehead atoms. The van der Waals surface area contributed by atoms with Crippen LogP contribution in [0.4, 0.5) is 5.69 Å². The Morgan fingerprint density at radius 2 is 2.13 bits per heavy atom. The van der Waals surface area contributed by atoms with E-state index >= 15 is 0 Å². The van der Waals surface area contributed by atoms with E-state index in [1.165, 1.54) is 11.3 Å². The zero-order valence-corrected chi connectivity index (χ0v) is 8.85. The van der Waals surface area contributed by atoms with Crippen molar-refractivity contribution in [2.75, 3.05) is 37.8 Å². The Labute approximate surface area is 90.3 Å². The van der Waals surface area contributed by atoms with E-state index in [-0.39, 0.29) is 6.61 Å². The van der Waals surface area contributed by atoms with Crippen molar-refractivity contribution in [1.29, 1.82) is 0 Å². The highest BCUT2D eigenvalue weighted by atomic mass is 16.5. The lowest BCUT2D eigenvalue weighted by Gasteiger charge is -2.18. The van der Waals surface area contributed by atoms with Gasteiger partial charge < -0.3 is 14.7 Å². The first-order valence-electron chi connectivity index (χ1n) is 5.43. The third-order valence-electron chi connectivity index (χ3n) is 2.72. The molecular formula is C12H17NO2. The van der Waals surface area contributed by atoms with Gasteiger partial charge in [-0.05, 0) is 18.1 Å². The lowest BCUT2D eigenvalue weighted by Crippen LogP contribution is -2.25. The van der Waals surface area contributed by atoms with Gasteiger partial charge in [0.15, 0.2) is 0 Å². The highest BCUT2D eigenvalue weighted by molar-refractivity contribution is 5.57. The molecule has 0 radical (unpaired) electrons. The third kappa shape index (κ3) is 2.49. The molecule has 3 nitrogen and oxygen atoms in total. The van der Waals surface area contributed by atoms with E-state index < -0.39 is 0 Å². The minimum absolute atomic E-state index is 0.108. The molecule has 0 saturated carbocycles. The summed E-state index contributed by atoms with van der Waals surface area (Å²) >= 11 is 0. The number of benzene rings is 1. The van der Waals surface area contributed by atoms with Gasteiger partial charge in [-0.2, -0.15) is 0 Å². The van der Waals surface area contributed by atoms with Gasteiger partial charge in [0.25, 0.3) is 0 Å². The van der Waals surface area contributed by atoms with Crippen LogP contribution in [0.25, 0.3) is 0 Å². The summed E-state index contributed by atoms with van der Waals surface area (Å²) < 4.78 is 5.27. The summed E-state index contributed by atoms with van der Waals surface area (Å²) in [5, 5.41) is 8.58. The predicted molar refractivity (Wildman–Crippen MR) is 60.3 cm³/mol. The molecule has 1 N–H and O–H groups in total. The number of rotatable bonds is 5. The molecule has 0 aliphatic carbocycles. The van der Waals surface area contributed by atoms with Crippen LogP contribution in [0, 0.1) is 0 Å². The average molecular weight is 207 g/mol.